The third-order valence-electron chi connectivity index (χ3n) is 3.27. The van der Waals surface area contributed by atoms with Crippen molar-refractivity contribution in [2.45, 2.75) is 13.3 Å². The number of hydrogen-bond acceptors (Lipinski definition) is 3. The Kier molecular flexibility index (Phi) is 6.27. The van der Waals surface area contributed by atoms with Gasteiger partial charge >= 0.3 is 0 Å². The topological polar surface area (TPSA) is 61.7 Å². The van der Waals surface area contributed by atoms with Gasteiger partial charge in [0.05, 0.1) is 6.21 Å². The van der Waals surface area contributed by atoms with E-state index in [9.17, 15) is 4.79 Å². The predicted octanol–water partition coefficient (Wildman–Crippen LogP) is 2.91. The lowest BCUT2D eigenvalue weighted by Crippen LogP contribution is -2.20. The van der Waals surface area contributed by atoms with Gasteiger partial charge in [-0.2, -0.15) is 5.10 Å². The normalized spacial score (nSPS) is 11.7. The molecule has 0 unspecified atom stereocenters. The fraction of sp³-hybridized carbons (Fsp3) is 0.158. The van der Waals surface area contributed by atoms with Crippen molar-refractivity contribution >= 4 is 18.2 Å². The highest BCUT2D eigenvalue weighted by Gasteiger charge is 2.08. The molecule has 0 aliphatic carbocycles. The van der Waals surface area contributed by atoms with Crippen molar-refractivity contribution in [2.75, 3.05) is 6.61 Å². The Labute approximate surface area is 136 Å². The molecule has 0 aliphatic heterocycles. The molecule has 0 atom stereocenters. The highest BCUT2D eigenvalue weighted by Crippen LogP contribution is 2.10. The Morgan fingerprint density at radius 1 is 1.09 bits per heavy atom. The van der Waals surface area contributed by atoms with Crippen LogP contribution in [0, 0.1) is 6.92 Å². The van der Waals surface area contributed by atoms with Crippen molar-refractivity contribution in [3.63, 3.8) is 0 Å². The lowest BCUT2D eigenvalue weighted by atomic mass is 10.1. The Morgan fingerprint density at radius 3 is 2.43 bits per heavy atom. The maximum Gasteiger partial charge on any atom is 0.267 e. The lowest BCUT2D eigenvalue weighted by molar-refractivity contribution is -0.117. The minimum absolute atomic E-state index is 0.0895. The fourth-order valence-corrected chi connectivity index (χ4v) is 2.01. The molecular formula is C19H20N2O2. The van der Waals surface area contributed by atoms with E-state index in [0.717, 1.165) is 11.1 Å². The first-order chi connectivity index (χ1) is 11.2. The molecule has 0 fully saturated rings. The number of aliphatic hydroxyl groups excluding tert-OH is 1. The minimum Gasteiger partial charge on any atom is -0.396 e. The largest absolute Gasteiger partial charge is 0.396 e. The second-order valence-corrected chi connectivity index (χ2v) is 5.16. The van der Waals surface area contributed by atoms with Crippen molar-refractivity contribution in [3.05, 3.63) is 76.9 Å². The van der Waals surface area contributed by atoms with E-state index in [4.69, 9.17) is 5.11 Å². The van der Waals surface area contributed by atoms with Crippen LogP contribution in [0.5, 0.6) is 0 Å². The van der Waals surface area contributed by atoms with Crippen LogP contribution < -0.4 is 5.43 Å². The van der Waals surface area contributed by atoms with Gasteiger partial charge in [0, 0.05) is 18.6 Å². The quantitative estimate of drug-likeness (QED) is 0.490. The van der Waals surface area contributed by atoms with Crippen LogP contribution in [0.1, 0.15) is 23.1 Å². The molecule has 0 radical (unpaired) electrons. The van der Waals surface area contributed by atoms with Gasteiger partial charge in [0.2, 0.25) is 0 Å². The molecule has 2 N–H and O–H groups in total. The van der Waals surface area contributed by atoms with Crippen molar-refractivity contribution in [2.24, 2.45) is 5.10 Å². The first kappa shape index (κ1) is 16.6. The second-order valence-electron chi connectivity index (χ2n) is 5.16. The van der Waals surface area contributed by atoms with Crippen molar-refractivity contribution in [3.8, 4) is 0 Å². The van der Waals surface area contributed by atoms with Gasteiger partial charge in [-0.15, -0.1) is 0 Å². The van der Waals surface area contributed by atoms with E-state index in [0.29, 0.717) is 5.57 Å². The monoisotopic (exact) mass is 308 g/mol. The summed E-state index contributed by atoms with van der Waals surface area (Å²) in [6.07, 6.45) is 3.63. The highest BCUT2D eigenvalue weighted by atomic mass is 16.3. The Hall–Kier alpha value is -2.72. The predicted molar refractivity (Wildman–Crippen MR) is 93.0 cm³/mol. The summed E-state index contributed by atoms with van der Waals surface area (Å²) in [5.41, 5.74) is 5.98. The molecule has 4 nitrogen and oxygen atoms in total. The summed E-state index contributed by atoms with van der Waals surface area (Å²) in [6, 6.07) is 17.3. The van der Waals surface area contributed by atoms with Gasteiger partial charge in [-0.05, 0) is 24.1 Å². The number of aryl methyl sites for hydroxylation is 1. The van der Waals surface area contributed by atoms with E-state index in [-0.39, 0.29) is 18.9 Å². The van der Waals surface area contributed by atoms with Crippen LogP contribution in [0.3, 0.4) is 0 Å². The third kappa shape index (κ3) is 5.52. The van der Waals surface area contributed by atoms with Crippen LogP contribution in [-0.2, 0) is 4.79 Å². The molecule has 0 aromatic heterocycles. The van der Waals surface area contributed by atoms with E-state index >= 15 is 0 Å². The number of nitrogens with one attached hydrogen (secondary N) is 1. The van der Waals surface area contributed by atoms with Gasteiger partial charge in [0.1, 0.15) is 0 Å². The van der Waals surface area contributed by atoms with Gasteiger partial charge in [-0.3, -0.25) is 4.79 Å². The first-order valence-electron chi connectivity index (χ1n) is 7.45. The summed E-state index contributed by atoms with van der Waals surface area (Å²) >= 11 is 0. The summed E-state index contributed by atoms with van der Waals surface area (Å²) in [4.78, 5) is 12.2. The van der Waals surface area contributed by atoms with Crippen LogP contribution in [-0.4, -0.2) is 23.8 Å². The molecular weight excluding hydrogens is 288 g/mol. The number of benzene rings is 2. The number of aliphatic hydroxyl groups is 1. The fourth-order valence-electron chi connectivity index (χ4n) is 2.01. The number of rotatable bonds is 6. The Balaban J connectivity index is 2.03. The number of carbonyl (C=O) groups is 1. The molecule has 0 spiro atoms. The molecule has 0 saturated carbocycles. The van der Waals surface area contributed by atoms with E-state index in [2.05, 4.69) is 10.5 Å². The number of nitrogens with zero attached hydrogens (tertiary/aromatic N) is 1. The van der Waals surface area contributed by atoms with Crippen molar-refractivity contribution in [1.82, 2.24) is 5.43 Å². The average molecular weight is 308 g/mol. The maximum atomic E-state index is 12.2. The first-order valence-corrected chi connectivity index (χ1v) is 7.45. The number of carbonyl (C=O) groups excluding carboxylic acids is 1. The summed E-state index contributed by atoms with van der Waals surface area (Å²) in [7, 11) is 0. The molecule has 118 valence electrons. The zero-order chi connectivity index (χ0) is 16.5. The summed E-state index contributed by atoms with van der Waals surface area (Å²) in [6.45, 7) is 1.92. The third-order valence-corrected chi connectivity index (χ3v) is 3.27. The highest BCUT2D eigenvalue weighted by molar-refractivity contribution is 5.98. The van der Waals surface area contributed by atoms with Gasteiger partial charge in [0.15, 0.2) is 0 Å². The Morgan fingerprint density at radius 2 is 1.78 bits per heavy atom. The molecule has 1 amide bonds. The van der Waals surface area contributed by atoms with E-state index in [1.54, 1.807) is 12.3 Å². The summed E-state index contributed by atoms with van der Waals surface area (Å²) in [5, 5.41) is 13.1. The summed E-state index contributed by atoms with van der Waals surface area (Å²) < 4.78 is 0. The molecule has 23 heavy (non-hydrogen) atoms. The van der Waals surface area contributed by atoms with Crippen LogP contribution in [0.15, 0.2) is 65.3 Å². The smallest absolute Gasteiger partial charge is 0.267 e. The molecule has 4 heteroatoms. The Bertz CT molecular complexity index is 689. The second kappa shape index (κ2) is 8.66. The molecule has 0 saturated heterocycles. The lowest BCUT2D eigenvalue weighted by Gasteiger charge is -2.04. The van der Waals surface area contributed by atoms with Gasteiger partial charge in [-0.1, -0.05) is 60.2 Å². The van der Waals surface area contributed by atoms with E-state index in [1.165, 1.54) is 5.56 Å². The van der Waals surface area contributed by atoms with Gasteiger partial charge in [-0.25, -0.2) is 5.43 Å². The van der Waals surface area contributed by atoms with Crippen LogP contribution in [0.4, 0.5) is 0 Å². The van der Waals surface area contributed by atoms with Crippen molar-refractivity contribution in [1.29, 1.82) is 0 Å². The molecule has 0 aliphatic rings. The zero-order valence-corrected chi connectivity index (χ0v) is 13.1. The van der Waals surface area contributed by atoms with Crippen LogP contribution in [0.2, 0.25) is 0 Å². The van der Waals surface area contributed by atoms with Gasteiger partial charge < -0.3 is 5.11 Å². The average Bonchev–Trinajstić information content (AvgIpc) is 2.57. The number of hydrogen-bond donors (Lipinski definition) is 2. The number of hydrazone groups is 1. The van der Waals surface area contributed by atoms with E-state index < -0.39 is 0 Å². The SMILES string of the molecule is Cc1ccc(C=NNC(=O)C(=Cc2ccccc2)CCO)cc1. The van der Waals surface area contributed by atoms with Gasteiger partial charge in [0.25, 0.3) is 5.91 Å². The molecule has 2 aromatic carbocycles. The zero-order valence-electron chi connectivity index (χ0n) is 13.1. The van der Waals surface area contributed by atoms with Crippen molar-refractivity contribution < 1.29 is 9.90 Å². The standard InChI is InChI=1S/C19H20N2O2/c1-15-7-9-17(10-8-15)14-20-21-19(23)18(11-12-22)13-16-5-3-2-4-6-16/h2-10,13-14,22H,11-12H2,1H3,(H,21,23). The van der Waals surface area contributed by atoms with Crippen LogP contribution >= 0.6 is 0 Å². The van der Waals surface area contributed by atoms with E-state index in [1.807, 2.05) is 61.5 Å². The molecule has 2 aromatic rings. The number of amides is 1. The van der Waals surface area contributed by atoms with Crippen LogP contribution in [0.25, 0.3) is 6.08 Å². The molecule has 2 rings (SSSR count). The molecule has 0 bridgehead atoms. The molecule has 0 heterocycles. The maximum absolute atomic E-state index is 12.2. The minimum atomic E-state index is -0.314. The summed E-state index contributed by atoms with van der Waals surface area (Å²) in [5.74, 6) is -0.314.